The van der Waals surface area contributed by atoms with E-state index in [1.165, 1.54) is 5.56 Å². The first-order valence-corrected chi connectivity index (χ1v) is 8.86. The van der Waals surface area contributed by atoms with E-state index in [2.05, 4.69) is 24.4 Å². The topological polar surface area (TPSA) is 47.6 Å². The van der Waals surface area contributed by atoms with E-state index in [1.54, 1.807) is 0 Å². The Hall–Kier alpha value is -3.27. The van der Waals surface area contributed by atoms with Crippen molar-refractivity contribution in [1.82, 2.24) is 0 Å². The van der Waals surface area contributed by atoms with Crippen molar-refractivity contribution in [2.24, 2.45) is 0 Å². The van der Waals surface area contributed by atoms with Gasteiger partial charge in [0.1, 0.15) is 18.1 Å². The van der Waals surface area contributed by atoms with Gasteiger partial charge in [-0.3, -0.25) is 4.79 Å². The van der Waals surface area contributed by atoms with E-state index in [9.17, 15) is 4.79 Å². The Morgan fingerprint density at radius 3 is 2.22 bits per heavy atom. The normalized spacial score (nSPS) is 10.3. The van der Waals surface area contributed by atoms with Gasteiger partial charge in [0, 0.05) is 5.69 Å². The average Bonchev–Trinajstić information content (AvgIpc) is 2.66. The zero-order valence-electron chi connectivity index (χ0n) is 15.6. The molecule has 3 rings (SSSR count). The zero-order chi connectivity index (χ0) is 19.1. The van der Waals surface area contributed by atoms with E-state index < -0.39 is 0 Å². The van der Waals surface area contributed by atoms with Crippen molar-refractivity contribution in [2.75, 3.05) is 11.9 Å². The molecule has 1 amide bonds. The summed E-state index contributed by atoms with van der Waals surface area (Å²) in [6, 6.07) is 23.1. The number of anilines is 1. The Morgan fingerprint density at radius 2 is 1.52 bits per heavy atom. The zero-order valence-corrected chi connectivity index (χ0v) is 15.6. The summed E-state index contributed by atoms with van der Waals surface area (Å²) in [5, 5.41) is 2.82. The van der Waals surface area contributed by atoms with E-state index >= 15 is 0 Å². The second-order valence-corrected chi connectivity index (χ2v) is 6.46. The third-order valence-corrected chi connectivity index (χ3v) is 3.99. The number of benzene rings is 3. The lowest BCUT2D eigenvalue weighted by molar-refractivity contribution is -0.118. The van der Waals surface area contributed by atoms with Crippen LogP contribution in [0.2, 0.25) is 0 Å². The molecular weight excluding hydrogens is 338 g/mol. The molecular formula is C23H23NO3. The van der Waals surface area contributed by atoms with Crippen LogP contribution in [0.15, 0.2) is 72.8 Å². The Bertz CT molecular complexity index is 904. The average molecular weight is 361 g/mol. The minimum Gasteiger partial charge on any atom is -0.489 e. The van der Waals surface area contributed by atoms with Crippen LogP contribution in [0.5, 0.6) is 11.5 Å². The van der Waals surface area contributed by atoms with Crippen molar-refractivity contribution in [2.45, 2.75) is 20.5 Å². The molecule has 4 nitrogen and oxygen atoms in total. The minimum atomic E-state index is -0.204. The van der Waals surface area contributed by atoms with Crippen molar-refractivity contribution in [1.29, 1.82) is 0 Å². The lowest BCUT2D eigenvalue weighted by atomic mass is 10.1. The molecule has 4 heteroatoms. The first-order chi connectivity index (χ1) is 13.1. The van der Waals surface area contributed by atoms with E-state index in [1.807, 2.05) is 67.6 Å². The van der Waals surface area contributed by atoms with Crippen molar-refractivity contribution in [3.05, 3.63) is 89.5 Å². The van der Waals surface area contributed by atoms with E-state index in [0.717, 1.165) is 16.9 Å². The van der Waals surface area contributed by atoms with Gasteiger partial charge in [0.15, 0.2) is 6.61 Å². The summed E-state index contributed by atoms with van der Waals surface area (Å²) in [6.45, 7) is 4.52. The standard InChI is InChI=1S/C23H23NO3/c1-17-5-3-7-19(13-17)15-26-21-11-9-20(10-12-21)24-23(25)16-27-22-8-4-6-18(2)14-22/h3-14H,15-16H2,1-2H3,(H,24,25). The van der Waals surface area contributed by atoms with Gasteiger partial charge in [-0.2, -0.15) is 0 Å². The highest BCUT2D eigenvalue weighted by molar-refractivity contribution is 5.91. The summed E-state index contributed by atoms with van der Waals surface area (Å²) in [7, 11) is 0. The number of hydrogen-bond donors (Lipinski definition) is 1. The molecule has 0 aliphatic carbocycles. The summed E-state index contributed by atoms with van der Waals surface area (Å²) in [5.74, 6) is 1.24. The maximum absolute atomic E-state index is 12.0. The SMILES string of the molecule is Cc1cccc(COc2ccc(NC(=O)COc3cccc(C)c3)cc2)c1. The van der Waals surface area contributed by atoms with Crippen molar-refractivity contribution in [3.8, 4) is 11.5 Å². The quantitative estimate of drug-likeness (QED) is 0.651. The fraction of sp³-hybridized carbons (Fsp3) is 0.174. The number of carbonyl (C=O) groups excluding carboxylic acids is 1. The van der Waals surface area contributed by atoms with Gasteiger partial charge in [-0.05, 0) is 61.4 Å². The molecule has 0 fully saturated rings. The summed E-state index contributed by atoms with van der Waals surface area (Å²) in [6.07, 6.45) is 0. The number of hydrogen-bond acceptors (Lipinski definition) is 3. The molecule has 0 aromatic heterocycles. The number of rotatable bonds is 7. The van der Waals surface area contributed by atoms with Crippen LogP contribution in [-0.2, 0) is 11.4 Å². The molecule has 0 spiro atoms. The van der Waals surface area contributed by atoms with Crippen molar-refractivity contribution < 1.29 is 14.3 Å². The lowest BCUT2D eigenvalue weighted by Crippen LogP contribution is -2.20. The molecule has 27 heavy (non-hydrogen) atoms. The second kappa shape index (κ2) is 8.90. The minimum absolute atomic E-state index is 0.0327. The van der Waals surface area contributed by atoms with Crippen LogP contribution in [0.4, 0.5) is 5.69 Å². The van der Waals surface area contributed by atoms with Gasteiger partial charge in [-0.1, -0.05) is 42.0 Å². The van der Waals surface area contributed by atoms with Crippen LogP contribution in [0.1, 0.15) is 16.7 Å². The summed E-state index contributed by atoms with van der Waals surface area (Å²) < 4.78 is 11.3. The maximum atomic E-state index is 12.0. The van der Waals surface area contributed by atoms with Gasteiger partial charge in [0.25, 0.3) is 5.91 Å². The van der Waals surface area contributed by atoms with Crippen LogP contribution in [-0.4, -0.2) is 12.5 Å². The highest BCUT2D eigenvalue weighted by Gasteiger charge is 2.05. The van der Waals surface area contributed by atoms with E-state index in [4.69, 9.17) is 9.47 Å². The molecule has 0 atom stereocenters. The van der Waals surface area contributed by atoms with Gasteiger partial charge < -0.3 is 14.8 Å². The molecule has 0 heterocycles. The Labute approximate surface area is 159 Å². The Balaban J connectivity index is 1.47. The Morgan fingerprint density at radius 1 is 0.815 bits per heavy atom. The summed E-state index contributed by atoms with van der Waals surface area (Å²) in [4.78, 5) is 12.0. The van der Waals surface area contributed by atoms with Crippen LogP contribution < -0.4 is 14.8 Å². The van der Waals surface area contributed by atoms with Crippen LogP contribution in [0.3, 0.4) is 0 Å². The van der Waals surface area contributed by atoms with Gasteiger partial charge in [-0.25, -0.2) is 0 Å². The molecule has 3 aromatic rings. The third-order valence-electron chi connectivity index (χ3n) is 3.99. The molecule has 0 radical (unpaired) electrons. The summed E-state index contributed by atoms with van der Waals surface area (Å²) >= 11 is 0. The fourth-order valence-electron chi connectivity index (χ4n) is 2.65. The predicted molar refractivity (Wildman–Crippen MR) is 107 cm³/mol. The molecule has 138 valence electrons. The van der Waals surface area contributed by atoms with E-state index in [0.29, 0.717) is 18.0 Å². The maximum Gasteiger partial charge on any atom is 0.262 e. The number of nitrogens with one attached hydrogen (secondary N) is 1. The van der Waals surface area contributed by atoms with Crippen molar-refractivity contribution >= 4 is 11.6 Å². The van der Waals surface area contributed by atoms with E-state index in [-0.39, 0.29) is 12.5 Å². The molecule has 3 aromatic carbocycles. The lowest BCUT2D eigenvalue weighted by Gasteiger charge is -2.10. The number of carbonyl (C=O) groups is 1. The van der Waals surface area contributed by atoms with Gasteiger partial charge in [0.05, 0.1) is 0 Å². The van der Waals surface area contributed by atoms with Gasteiger partial charge in [-0.15, -0.1) is 0 Å². The monoisotopic (exact) mass is 361 g/mol. The molecule has 1 N–H and O–H groups in total. The molecule has 0 bridgehead atoms. The smallest absolute Gasteiger partial charge is 0.262 e. The number of amides is 1. The summed E-state index contributed by atoms with van der Waals surface area (Å²) in [5.41, 5.74) is 4.13. The third kappa shape index (κ3) is 5.89. The predicted octanol–water partition coefficient (Wildman–Crippen LogP) is 4.90. The first-order valence-electron chi connectivity index (χ1n) is 8.86. The largest absolute Gasteiger partial charge is 0.489 e. The van der Waals surface area contributed by atoms with Crippen LogP contribution in [0, 0.1) is 13.8 Å². The molecule has 0 saturated carbocycles. The Kier molecular flexibility index (Phi) is 6.10. The fourth-order valence-corrected chi connectivity index (χ4v) is 2.65. The second-order valence-electron chi connectivity index (χ2n) is 6.46. The molecule has 0 saturated heterocycles. The molecule has 0 aliphatic heterocycles. The molecule has 0 unspecified atom stereocenters. The molecule has 0 aliphatic rings. The van der Waals surface area contributed by atoms with Gasteiger partial charge in [0.2, 0.25) is 0 Å². The highest BCUT2D eigenvalue weighted by atomic mass is 16.5. The van der Waals surface area contributed by atoms with Crippen LogP contribution >= 0.6 is 0 Å². The number of aryl methyl sites for hydroxylation is 2. The van der Waals surface area contributed by atoms with Gasteiger partial charge >= 0.3 is 0 Å². The highest BCUT2D eigenvalue weighted by Crippen LogP contribution is 2.18. The van der Waals surface area contributed by atoms with Crippen LogP contribution in [0.25, 0.3) is 0 Å². The number of ether oxygens (including phenoxy) is 2. The first kappa shape index (κ1) is 18.5. The van der Waals surface area contributed by atoms with Crippen molar-refractivity contribution in [3.63, 3.8) is 0 Å².